The number of aromatic hydroxyl groups is 1. The van der Waals surface area contributed by atoms with Crippen LogP contribution in [0.5, 0.6) is 5.75 Å². The smallest absolute Gasteiger partial charge is 0.144 e. The molecule has 0 spiro atoms. The van der Waals surface area contributed by atoms with E-state index in [0.29, 0.717) is 21.9 Å². The number of aromatic amines is 1. The summed E-state index contributed by atoms with van der Waals surface area (Å²) in [6.07, 6.45) is 2.98. The fourth-order valence-corrected chi connectivity index (χ4v) is 1.93. The molecule has 0 aliphatic carbocycles. The molecule has 0 bridgehead atoms. The van der Waals surface area contributed by atoms with E-state index in [0.717, 1.165) is 5.52 Å². The molecule has 0 radical (unpaired) electrons. The summed E-state index contributed by atoms with van der Waals surface area (Å²) in [5.74, 6) is 0.663. The van der Waals surface area contributed by atoms with Crippen LogP contribution in [-0.4, -0.2) is 20.1 Å². The Morgan fingerprint density at radius 2 is 2.12 bits per heavy atom. The lowest BCUT2D eigenvalue weighted by Crippen LogP contribution is -1.82. The van der Waals surface area contributed by atoms with Gasteiger partial charge in [0.15, 0.2) is 0 Å². The number of H-pyrrole nitrogens is 1. The van der Waals surface area contributed by atoms with Crippen LogP contribution in [0.2, 0.25) is 5.02 Å². The highest BCUT2D eigenvalue weighted by molar-refractivity contribution is 6.35. The number of hydrogen-bond acceptors (Lipinski definition) is 3. The average Bonchev–Trinajstić information content (AvgIpc) is 2.75. The van der Waals surface area contributed by atoms with Crippen LogP contribution in [0.25, 0.3) is 22.4 Å². The van der Waals surface area contributed by atoms with Crippen LogP contribution in [-0.2, 0) is 0 Å². The molecule has 0 saturated heterocycles. The molecule has 84 valence electrons. The lowest BCUT2D eigenvalue weighted by Gasteiger charge is -1.98. The van der Waals surface area contributed by atoms with Crippen molar-refractivity contribution in [3.05, 3.63) is 41.7 Å². The highest BCUT2D eigenvalue weighted by Crippen LogP contribution is 2.29. The van der Waals surface area contributed by atoms with Crippen molar-refractivity contribution < 1.29 is 5.11 Å². The first-order chi connectivity index (χ1) is 8.25. The molecule has 0 unspecified atom stereocenters. The first-order valence-corrected chi connectivity index (χ1v) is 5.41. The third-order valence-corrected chi connectivity index (χ3v) is 2.82. The van der Waals surface area contributed by atoms with Gasteiger partial charge < -0.3 is 10.1 Å². The molecule has 2 heterocycles. The Morgan fingerprint density at radius 1 is 1.24 bits per heavy atom. The summed E-state index contributed by atoms with van der Waals surface area (Å²) in [6.45, 7) is 0. The van der Waals surface area contributed by atoms with E-state index in [9.17, 15) is 5.11 Å². The van der Waals surface area contributed by atoms with Gasteiger partial charge >= 0.3 is 0 Å². The molecule has 0 aliphatic rings. The Bertz CT molecular complexity index is 693. The molecule has 17 heavy (non-hydrogen) atoms. The van der Waals surface area contributed by atoms with Gasteiger partial charge in [0.1, 0.15) is 17.1 Å². The van der Waals surface area contributed by atoms with E-state index in [4.69, 9.17) is 11.6 Å². The largest absolute Gasteiger partial charge is 0.506 e. The molecule has 2 aromatic heterocycles. The predicted molar refractivity (Wildman–Crippen MR) is 66.0 cm³/mol. The van der Waals surface area contributed by atoms with Gasteiger partial charge in [0.25, 0.3) is 0 Å². The Hall–Kier alpha value is -2.07. The Labute approximate surface area is 102 Å². The summed E-state index contributed by atoms with van der Waals surface area (Å²) in [6, 6.07) is 7.21. The van der Waals surface area contributed by atoms with E-state index >= 15 is 0 Å². The van der Waals surface area contributed by atoms with Gasteiger partial charge in [-0.05, 0) is 18.2 Å². The maximum atomic E-state index is 9.70. The van der Waals surface area contributed by atoms with Gasteiger partial charge in [-0.15, -0.1) is 0 Å². The van der Waals surface area contributed by atoms with Crippen LogP contribution >= 0.6 is 11.6 Å². The van der Waals surface area contributed by atoms with Gasteiger partial charge in [-0.2, -0.15) is 0 Å². The summed E-state index contributed by atoms with van der Waals surface area (Å²) >= 11 is 6.04. The molecule has 2 N–H and O–H groups in total. The fraction of sp³-hybridized carbons (Fsp3) is 0. The van der Waals surface area contributed by atoms with Crippen LogP contribution in [0.4, 0.5) is 0 Å². The Balaban J connectivity index is 2.26. The molecule has 0 saturated carbocycles. The van der Waals surface area contributed by atoms with E-state index in [2.05, 4.69) is 15.0 Å². The summed E-state index contributed by atoms with van der Waals surface area (Å²) in [7, 11) is 0. The van der Waals surface area contributed by atoms with Crippen molar-refractivity contribution in [2.75, 3.05) is 0 Å². The SMILES string of the molecule is Oc1cnccc1-c1nc2c(Cl)cccc2[nH]1. The van der Waals surface area contributed by atoms with Crippen LogP contribution < -0.4 is 0 Å². The number of fused-ring (bicyclic) bond motifs is 1. The summed E-state index contributed by atoms with van der Waals surface area (Å²) < 4.78 is 0. The molecule has 3 aromatic rings. The van der Waals surface area contributed by atoms with Crippen molar-refractivity contribution in [3.8, 4) is 17.1 Å². The van der Waals surface area contributed by atoms with E-state index in [1.54, 1.807) is 18.3 Å². The third-order valence-electron chi connectivity index (χ3n) is 2.52. The number of imidazole rings is 1. The molecule has 3 rings (SSSR count). The highest BCUT2D eigenvalue weighted by Gasteiger charge is 2.10. The van der Waals surface area contributed by atoms with E-state index in [1.165, 1.54) is 6.20 Å². The second-order valence-electron chi connectivity index (χ2n) is 3.61. The summed E-state index contributed by atoms with van der Waals surface area (Å²) in [5.41, 5.74) is 2.14. The molecule has 4 nitrogen and oxygen atoms in total. The maximum Gasteiger partial charge on any atom is 0.144 e. The topological polar surface area (TPSA) is 61.8 Å². The number of aromatic nitrogens is 3. The van der Waals surface area contributed by atoms with E-state index in [1.807, 2.05) is 12.1 Å². The molecule has 5 heteroatoms. The number of benzene rings is 1. The fourth-order valence-electron chi connectivity index (χ4n) is 1.71. The van der Waals surface area contributed by atoms with Crippen LogP contribution in [0, 0.1) is 0 Å². The van der Waals surface area contributed by atoms with Crippen LogP contribution in [0.15, 0.2) is 36.7 Å². The molecule has 0 aliphatic heterocycles. The highest BCUT2D eigenvalue weighted by atomic mass is 35.5. The van der Waals surface area contributed by atoms with Crippen molar-refractivity contribution in [1.82, 2.24) is 15.0 Å². The number of para-hydroxylation sites is 1. The van der Waals surface area contributed by atoms with E-state index < -0.39 is 0 Å². The third kappa shape index (κ3) is 1.62. The minimum Gasteiger partial charge on any atom is -0.506 e. The van der Waals surface area contributed by atoms with Gasteiger partial charge in [0.2, 0.25) is 0 Å². The number of halogens is 1. The zero-order valence-corrected chi connectivity index (χ0v) is 9.44. The van der Waals surface area contributed by atoms with Crippen LogP contribution in [0.1, 0.15) is 0 Å². The minimum absolute atomic E-state index is 0.0858. The van der Waals surface area contributed by atoms with Crippen molar-refractivity contribution in [2.24, 2.45) is 0 Å². The molecule has 0 atom stereocenters. The lowest BCUT2D eigenvalue weighted by atomic mass is 10.2. The van der Waals surface area contributed by atoms with Gasteiger partial charge in [0.05, 0.1) is 22.3 Å². The number of nitrogens with one attached hydrogen (secondary N) is 1. The summed E-state index contributed by atoms with van der Waals surface area (Å²) in [5, 5.41) is 10.3. The molecule has 1 aromatic carbocycles. The van der Waals surface area contributed by atoms with Crippen LogP contribution in [0.3, 0.4) is 0 Å². The maximum absolute atomic E-state index is 9.70. The lowest BCUT2D eigenvalue weighted by molar-refractivity contribution is 0.474. The molecular formula is C12H8ClN3O. The molecular weight excluding hydrogens is 238 g/mol. The van der Waals surface area contributed by atoms with Crippen molar-refractivity contribution >= 4 is 22.6 Å². The monoisotopic (exact) mass is 245 g/mol. The van der Waals surface area contributed by atoms with Crippen molar-refractivity contribution in [2.45, 2.75) is 0 Å². The Morgan fingerprint density at radius 3 is 2.88 bits per heavy atom. The number of rotatable bonds is 1. The quantitative estimate of drug-likeness (QED) is 0.693. The average molecular weight is 246 g/mol. The normalized spacial score (nSPS) is 10.9. The number of pyridine rings is 1. The van der Waals surface area contributed by atoms with Gasteiger partial charge in [-0.25, -0.2) is 4.98 Å². The van der Waals surface area contributed by atoms with Gasteiger partial charge in [-0.3, -0.25) is 4.98 Å². The first kappa shape index (κ1) is 10.1. The summed E-state index contributed by atoms with van der Waals surface area (Å²) in [4.78, 5) is 11.3. The van der Waals surface area contributed by atoms with Crippen molar-refractivity contribution in [1.29, 1.82) is 0 Å². The zero-order valence-electron chi connectivity index (χ0n) is 8.68. The Kier molecular flexibility index (Phi) is 2.23. The second kappa shape index (κ2) is 3.75. The number of hydrogen-bond donors (Lipinski definition) is 2. The van der Waals surface area contributed by atoms with Crippen molar-refractivity contribution in [3.63, 3.8) is 0 Å². The number of nitrogens with zero attached hydrogens (tertiary/aromatic N) is 2. The second-order valence-corrected chi connectivity index (χ2v) is 4.02. The zero-order chi connectivity index (χ0) is 11.8. The first-order valence-electron chi connectivity index (χ1n) is 5.03. The molecule has 0 amide bonds. The standard InChI is InChI=1S/C12H8ClN3O/c13-8-2-1-3-9-11(8)16-12(15-9)7-4-5-14-6-10(7)17/h1-6,17H,(H,15,16). The van der Waals surface area contributed by atoms with Gasteiger partial charge in [-0.1, -0.05) is 17.7 Å². The minimum atomic E-state index is 0.0858. The predicted octanol–water partition coefficient (Wildman–Crippen LogP) is 2.98. The molecule has 0 fully saturated rings. The van der Waals surface area contributed by atoms with Gasteiger partial charge in [0, 0.05) is 6.20 Å². The van der Waals surface area contributed by atoms with E-state index in [-0.39, 0.29) is 5.75 Å².